The van der Waals surface area contributed by atoms with E-state index in [1.807, 2.05) is 31.2 Å². The summed E-state index contributed by atoms with van der Waals surface area (Å²) >= 11 is 0.905. The van der Waals surface area contributed by atoms with Crippen molar-refractivity contribution in [2.75, 3.05) is 19.7 Å². The van der Waals surface area contributed by atoms with Gasteiger partial charge in [-0.15, -0.1) is 0 Å². The minimum atomic E-state index is -0.334. The van der Waals surface area contributed by atoms with E-state index in [0.717, 1.165) is 28.0 Å². The van der Waals surface area contributed by atoms with Crippen LogP contribution in [0.4, 0.5) is 4.79 Å². The third-order valence-electron chi connectivity index (χ3n) is 3.07. The van der Waals surface area contributed by atoms with E-state index in [1.54, 1.807) is 6.08 Å². The van der Waals surface area contributed by atoms with Crippen molar-refractivity contribution < 1.29 is 19.1 Å². The number of carbonyl (C=O) groups is 3. The second kappa shape index (κ2) is 7.82. The average Bonchev–Trinajstić information content (AvgIpc) is 2.76. The maximum absolute atomic E-state index is 12.2. The second-order valence-electron chi connectivity index (χ2n) is 4.82. The van der Waals surface area contributed by atoms with E-state index in [4.69, 9.17) is 4.74 Å². The van der Waals surface area contributed by atoms with Crippen molar-refractivity contribution in [2.45, 2.75) is 13.8 Å². The van der Waals surface area contributed by atoms with E-state index in [-0.39, 0.29) is 30.1 Å². The number of hydrogen-bond donors (Lipinski definition) is 1. The van der Waals surface area contributed by atoms with E-state index in [1.165, 1.54) is 6.92 Å². The zero-order chi connectivity index (χ0) is 16.8. The predicted molar refractivity (Wildman–Crippen MR) is 89.0 cm³/mol. The monoisotopic (exact) mass is 334 g/mol. The molecule has 1 saturated heterocycles. The van der Waals surface area contributed by atoms with Gasteiger partial charge in [-0.3, -0.25) is 19.3 Å². The van der Waals surface area contributed by atoms with Crippen LogP contribution in [-0.4, -0.2) is 41.6 Å². The fourth-order valence-corrected chi connectivity index (χ4v) is 2.88. The van der Waals surface area contributed by atoms with Gasteiger partial charge in [0.1, 0.15) is 5.75 Å². The van der Waals surface area contributed by atoms with E-state index in [0.29, 0.717) is 11.5 Å². The zero-order valence-corrected chi connectivity index (χ0v) is 13.8. The van der Waals surface area contributed by atoms with E-state index < -0.39 is 0 Å². The lowest BCUT2D eigenvalue weighted by Gasteiger charge is -2.12. The first-order chi connectivity index (χ1) is 11.0. The van der Waals surface area contributed by atoms with Crippen molar-refractivity contribution in [2.24, 2.45) is 0 Å². The van der Waals surface area contributed by atoms with Crippen LogP contribution in [0.3, 0.4) is 0 Å². The second-order valence-corrected chi connectivity index (χ2v) is 5.81. The quantitative estimate of drug-likeness (QED) is 0.808. The van der Waals surface area contributed by atoms with Crippen molar-refractivity contribution in [1.82, 2.24) is 10.2 Å². The lowest BCUT2D eigenvalue weighted by molar-refractivity contribution is -0.123. The highest BCUT2D eigenvalue weighted by molar-refractivity contribution is 8.18. The summed E-state index contributed by atoms with van der Waals surface area (Å²) in [6, 6.07) is 7.29. The molecule has 0 radical (unpaired) electrons. The number of thioether (sulfide) groups is 1. The number of hydrogen-bond acceptors (Lipinski definition) is 5. The van der Waals surface area contributed by atoms with Gasteiger partial charge in [0.15, 0.2) is 0 Å². The summed E-state index contributed by atoms with van der Waals surface area (Å²) in [6.45, 7) is 4.31. The van der Waals surface area contributed by atoms with Gasteiger partial charge in [0, 0.05) is 20.0 Å². The maximum Gasteiger partial charge on any atom is 0.293 e. The molecule has 1 aromatic carbocycles. The molecule has 1 N–H and O–H groups in total. The molecule has 1 aliphatic rings. The van der Waals surface area contributed by atoms with Crippen molar-refractivity contribution in [3.8, 4) is 5.75 Å². The number of amides is 3. The maximum atomic E-state index is 12.2. The van der Waals surface area contributed by atoms with Crippen LogP contribution in [0.5, 0.6) is 5.75 Å². The normalized spacial score (nSPS) is 16.1. The fraction of sp³-hybridized carbons (Fsp3) is 0.312. The number of benzene rings is 1. The summed E-state index contributed by atoms with van der Waals surface area (Å²) in [7, 11) is 0. The van der Waals surface area contributed by atoms with Crippen molar-refractivity contribution in [3.05, 3.63) is 34.7 Å². The van der Waals surface area contributed by atoms with E-state index >= 15 is 0 Å². The molecule has 7 heteroatoms. The summed E-state index contributed by atoms with van der Waals surface area (Å²) < 4.78 is 5.36. The molecule has 1 heterocycles. The summed E-state index contributed by atoms with van der Waals surface area (Å²) in [4.78, 5) is 36.5. The molecule has 23 heavy (non-hydrogen) atoms. The largest absolute Gasteiger partial charge is 0.494 e. The summed E-state index contributed by atoms with van der Waals surface area (Å²) in [5, 5.41) is 2.25. The van der Waals surface area contributed by atoms with Gasteiger partial charge in [0.05, 0.1) is 11.5 Å². The number of ether oxygens (including phenoxy) is 1. The average molecular weight is 334 g/mol. The summed E-state index contributed by atoms with van der Waals surface area (Å²) in [5.74, 6) is 0.231. The Morgan fingerprint density at radius 2 is 2.00 bits per heavy atom. The van der Waals surface area contributed by atoms with Gasteiger partial charge in [-0.1, -0.05) is 12.1 Å². The lowest BCUT2D eigenvalue weighted by atomic mass is 10.2. The van der Waals surface area contributed by atoms with Crippen LogP contribution >= 0.6 is 11.8 Å². The SMILES string of the molecule is CCOc1ccc(/C=C2/SC(=O)N(CCNC(C)=O)C2=O)cc1. The van der Waals surface area contributed by atoms with Crippen LogP contribution in [0.2, 0.25) is 0 Å². The van der Waals surface area contributed by atoms with Gasteiger partial charge >= 0.3 is 0 Å². The standard InChI is InChI=1S/C16H18N2O4S/c1-3-22-13-6-4-12(5-7-13)10-14-15(20)18(16(21)23-14)9-8-17-11(2)19/h4-7,10H,3,8-9H2,1-2H3,(H,17,19)/b14-10+. The van der Waals surface area contributed by atoms with E-state index in [9.17, 15) is 14.4 Å². The van der Waals surface area contributed by atoms with Gasteiger partial charge in [0.25, 0.3) is 11.1 Å². The Labute approximate surface area is 138 Å². The Hall–Kier alpha value is -2.28. The van der Waals surface area contributed by atoms with Crippen LogP contribution in [0.25, 0.3) is 6.08 Å². The molecule has 3 amide bonds. The first kappa shape index (κ1) is 17.1. The number of nitrogens with zero attached hydrogens (tertiary/aromatic N) is 1. The summed E-state index contributed by atoms with van der Waals surface area (Å²) in [6.07, 6.45) is 1.68. The molecule has 0 spiro atoms. The lowest BCUT2D eigenvalue weighted by Crippen LogP contribution is -2.36. The highest BCUT2D eigenvalue weighted by atomic mass is 32.2. The Balaban J connectivity index is 2.04. The van der Waals surface area contributed by atoms with Gasteiger partial charge in [-0.25, -0.2) is 0 Å². The van der Waals surface area contributed by atoms with Gasteiger partial charge in [-0.05, 0) is 42.5 Å². The van der Waals surface area contributed by atoms with Crippen molar-refractivity contribution >= 4 is 34.9 Å². The molecular formula is C16H18N2O4S. The first-order valence-electron chi connectivity index (χ1n) is 7.24. The van der Waals surface area contributed by atoms with Gasteiger partial charge < -0.3 is 10.1 Å². The number of nitrogens with one attached hydrogen (secondary N) is 1. The van der Waals surface area contributed by atoms with Crippen LogP contribution in [0.1, 0.15) is 19.4 Å². The molecule has 1 aliphatic heterocycles. The Morgan fingerprint density at radius 1 is 1.30 bits per heavy atom. The molecule has 122 valence electrons. The highest BCUT2D eigenvalue weighted by Gasteiger charge is 2.34. The molecule has 1 fully saturated rings. The van der Waals surface area contributed by atoms with Gasteiger partial charge in [0.2, 0.25) is 5.91 Å². The highest BCUT2D eigenvalue weighted by Crippen LogP contribution is 2.32. The van der Waals surface area contributed by atoms with Crippen LogP contribution < -0.4 is 10.1 Å². The fourth-order valence-electron chi connectivity index (χ4n) is 2.01. The van der Waals surface area contributed by atoms with Crippen molar-refractivity contribution in [3.63, 3.8) is 0 Å². The smallest absolute Gasteiger partial charge is 0.293 e. The van der Waals surface area contributed by atoms with Crippen LogP contribution in [0, 0.1) is 0 Å². The molecule has 0 unspecified atom stereocenters. The van der Waals surface area contributed by atoms with Crippen LogP contribution in [0.15, 0.2) is 29.2 Å². The zero-order valence-electron chi connectivity index (χ0n) is 13.0. The molecule has 0 aromatic heterocycles. The number of imide groups is 1. The molecule has 0 bridgehead atoms. The molecule has 2 rings (SSSR count). The summed E-state index contributed by atoms with van der Waals surface area (Å²) in [5.41, 5.74) is 0.820. The predicted octanol–water partition coefficient (Wildman–Crippen LogP) is 2.26. The Kier molecular flexibility index (Phi) is 5.81. The van der Waals surface area contributed by atoms with E-state index in [2.05, 4.69) is 5.32 Å². The minimum Gasteiger partial charge on any atom is -0.494 e. The Morgan fingerprint density at radius 3 is 2.61 bits per heavy atom. The first-order valence-corrected chi connectivity index (χ1v) is 8.05. The third-order valence-corrected chi connectivity index (χ3v) is 3.98. The minimum absolute atomic E-state index is 0.171. The molecular weight excluding hydrogens is 316 g/mol. The topological polar surface area (TPSA) is 75.7 Å². The van der Waals surface area contributed by atoms with Gasteiger partial charge in [-0.2, -0.15) is 0 Å². The molecule has 0 atom stereocenters. The number of carbonyl (C=O) groups excluding carboxylic acids is 3. The molecule has 1 aromatic rings. The number of rotatable bonds is 6. The Bertz CT molecular complexity index is 640. The van der Waals surface area contributed by atoms with Crippen LogP contribution in [-0.2, 0) is 9.59 Å². The molecule has 0 aliphatic carbocycles. The van der Waals surface area contributed by atoms with Crippen molar-refractivity contribution in [1.29, 1.82) is 0 Å². The molecule has 6 nitrogen and oxygen atoms in total. The molecule has 0 saturated carbocycles. The third kappa shape index (κ3) is 4.59.